The number of fused-ring (bicyclic) bond motifs is 1. The normalized spacial score (nSPS) is 11.4. The maximum atomic E-state index is 13.6. The molecule has 3 rings (SSSR count). The number of benzene rings is 2. The van der Waals surface area contributed by atoms with Crippen molar-refractivity contribution < 1.29 is 4.39 Å². The molecule has 0 spiro atoms. The summed E-state index contributed by atoms with van der Waals surface area (Å²) in [6.07, 6.45) is 2.95. The minimum absolute atomic E-state index is 0.161. The lowest BCUT2D eigenvalue weighted by atomic mass is 10.2. The fourth-order valence-corrected chi connectivity index (χ4v) is 2.31. The van der Waals surface area contributed by atoms with E-state index < -0.39 is 5.56 Å². The van der Waals surface area contributed by atoms with Crippen molar-refractivity contribution in [2.45, 2.75) is 0 Å². The zero-order valence-electron chi connectivity index (χ0n) is 11.1. The smallest absolute Gasteiger partial charge is 0.274 e. The van der Waals surface area contributed by atoms with E-state index in [9.17, 15) is 9.18 Å². The fraction of sp³-hybridized carbons (Fsp3) is 0. The first kappa shape index (κ1) is 14.8. The third-order valence-electron chi connectivity index (χ3n) is 3.09. The number of rotatable bonds is 2. The molecule has 0 saturated heterocycles. The average Bonchev–Trinajstić information content (AvgIpc) is 2.48. The second-order valence-electron chi connectivity index (χ2n) is 4.59. The molecule has 6 heteroatoms. The van der Waals surface area contributed by atoms with E-state index in [4.69, 9.17) is 23.2 Å². The van der Waals surface area contributed by atoms with E-state index >= 15 is 0 Å². The molecule has 22 heavy (non-hydrogen) atoms. The summed E-state index contributed by atoms with van der Waals surface area (Å²) in [5.74, 6) is -0.370. The Morgan fingerprint density at radius 3 is 2.59 bits per heavy atom. The van der Waals surface area contributed by atoms with Crippen LogP contribution in [-0.4, -0.2) is 9.97 Å². The quantitative estimate of drug-likeness (QED) is 0.747. The van der Waals surface area contributed by atoms with Crippen molar-refractivity contribution in [2.75, 3.05) is 0 Å². The molecule has 3 nitrogen and oxygen atoms in total. The van der Waals surface area contributed by atoms with Crippen LogP contribution in [0.25, 0.3) is 23.2 Å². The van der Waals surface area contributed by atoms with Gasteiger partial charge in [-0.15, -0.1) is 0 Å². The lowest BCUT2D eigenvalue weighted by Gasteiger charge is -2.02. The molecule has 0 aliphatic carbocycles. The van der Waals surface area contributed by atoms with Crippen LogP contribution in [0.1, 0.15) is 11.3 Å². The number of aromatic amines is 1. The van der Waals surface area contributed by atoms with Gasteiger partial charge in [0.15, 0.2) is 0 Å². The first-order valence-electron chi connectivity index (χ1n) is 6.36. The average molecular weight is 335 g/mol. The van der Waals surface area contributed by atoms with E-state index in [1.807, 2.05) is 0 Å². The highest BCUT2D eigenvalue weighted by molar-refractivity contribution is 6.42. The molecule has 0 aliphatic heterocycles. The van der Waals surface area contributed by atoms with E-state index in [1.54, 1.807) is 24.3 Å². The Kier molecular flexibility index (Phi) is 3.96. The number of aromatic nitrogens is 2. The van der Waals surface area contributed by atoms with E-state index in [-0.39, 0.29) is 11.5 Å². The molecular weight excluding hydrogens is 326 g/mol. The molecule has 0 bridgehead atoms. The van der Waals surface area contributed by atoms with Gasteiger partial charge >= 0.3 is 0 Å². The molecule has 0 unspecified atom stereocenters. The molecule has 0 fully saturated rings. The van der Waals surface area contributed by atoms with Gasteiger partial charge in [0, 0.05) is 5.56 Å². The lowest BCUT2D eigenvalue weighted by Crippen LogP contribution is -2.11. The van der Waals surface area contributed by atoms with E-state index in [2.05, 4.69) is 9.97 Å². The number of halogens is 3. The predicted molar refractivity (Wildman–Crippen MR) is 87.7 cm³/mol. The second kappa shape index (κ2) is 5.91. The van der Waals surface area contributed by atoms with Crippen molar-refractivity contribution in [1.29, 1.82) is 0 Å². The van der Waals surface area contributed by atoms with Crippen LogP contribution < -0.4 is 5.56 Å². The highest BCUT2D eigenvalue weighted by atomic mass is 35.5. The van der Waals surface area contributed by atoms with Gasteiger partial charge in [0.2, 0.25) is 0 Å². The van der Waals surface area contributed by atoms with Crippen molar-refractivity contribution in [1.82, 2.24) is 9.97 Å². The first-order valence-corrected chi connectivity index (χ1v) is 7.12. The van der Waals surface area contributed by atoms with Crippen LogP contribution in [-0.2, 0) is 0 Å². The third kappa shape index (κ3) is 2.89. The molecule has 0 radical (unpaired) electrons. The number of H-pyrrole nitrogens is 1. The van der Waals surface area contributed by atoms with E-state index in [1.165, 1.54) is 24.3 Å². The summed E-state index contributed by atoms with van der Waals surface area (Å²) in [7, 11) is 0. The Morgan fingerprint density at radius 1 is 1.09 bits per heavy atom. The maximum absolute atomic E-state index is 13.6. The van der Waals surface area contributed by atoms with Gasteiger partial charge in [0.1, 0.15) is 11.5 Å². The van der Waals surface area contributed by atoms with Crippen LogP contribution in [0.15, 0.2) is 41.2 Å². The van der Waals surface area contributed by atoms with E-state index in [0.717, 1.165) is 0 Å². The number of nitrogens with zero attached hydrogens (tertiary/aromatic N) is 1. The molecule has 3 aromatic rings. The zero-order chi connectivity index (χ0) is 15.7. The lowest BCUT2D eigenvalue weighted by molar-refractivity contribution is 0.625. The molecule has 1 aromatic heterocycles. The highest BCUT2D eigenvalue weighted by Gasteiger charge is 2.06. The Hall–Kier alpha value is -2.17. The molecule has 0 atom stereocenters. The topological polar surface area (TPSA) is 45.8 Å². The van der Waals surface area contributed by atoms with Crippen LogP contribution >= 0.6 is 23.2 Å². The maximum Gasteiger partial charge on any atom is 0.274 e. The van der Waals surface area contributed by atoms with Crippen LogP contribution in [0.3, 0.4) is 0 Å². The first-order chi connectivity index (χ1) is 10.5. The van der Waals surface area contributed by atoms with Gasteiger partial charge in [-0.3, -0.25) is 4.79 Å². The summed E-state index contributed by atoms with van der Waals surface area (Å²) in [5.41, 5.74) is 1.13. The summed E-state index contributed by atoms with van der Waals surface area (Å²) in [5, 5.41) is 0.680. The minimum Gasteiger partial charge on any atom is -0.319 e. The molecule has 0 saturated carbocycles. The van der Waals surface area contributed by atoms with Crippen molar-refractivity contribution in [2.24, 2.45) is 0 Å². The van der Waals surface area contributed by atoms with Crippen molar-refractivity contribution >= 4 is 46.4 Å². The Balaban J connectivity index is 2.08. The van der Waals surface area contributed by atoms with Crippen LogP contribution in [0.5, 0.6) is 0 Å². The Bertz CT molecular complexity index is 951. The Morgan fingerprint density at radius 2 is 1.82 bits per heavy atom. The fourth-order valence-electron chi connectivity index (χ4n) is 1.99. The van der Waals surface area contributed by atoms with Crippen molar-refractivity contribution in [3.05, 3.63) is 73.9 Å². The number of hydrogen-bond donors (Lipinski definition) is 1. The summed E-state index contributed by atoms with van der Waals surface area (Å²) >= 11 is 11.8. The third-order valence-corrected chi connectivity index (χ3v) is 3.81. The molecule has 1 N–H and O–H groups in total. The van der Waals surface area contributed by atoms with Crippen molar-refractivity contribution in [3.8, 4) is 0 Å². The molecule has 1 heterocycles. The van der Waals surface area contributed by atoms with Gasteiger partial charge in [0.25, 0.3) is 5.56 Å². The summed E-state index contributed by atoms with van der Waals surface area (Å²) in [6, 6.07) is 9.37. The summed E-state index contributed by atoms with van der Waals surface area (Å²) in [4.78, 5) is 18.9. The second-order valence-corrected chi connectivity index (χ2v) is 5.40. The van der Waals surface area contributed by atoms with Gasteiger partial charge in [-0.2, -0.15) is 0 Å². The molecule has 2 aromatic carbocycles. The van der Waals surface area contributed by atoms with Crippen LogP contribution in [0.2, 0.25) is 10.0 Å². The standard InChI is InChI=1S/C16H9Cl2FN2O/c17-10-7-14-15(8-11(10)18)21-16(22)13(20-14)6-5-9-3-1-2-4-12(9)19/h1-8H,(H,21,22). The van der Waals surface area contributed by atoms with Gasteiger partial charge in [-0.25, -0.2) is 9.37 Å². The number of hydrogen-bond acceptors (Lipinski definition) is 2. The summed E-state index contributed by atoms with van der Waals surface area (Å²) in [6.45, 7) is 0. The zero-order valence-corrected chi connectivity index (χ0v) is 12.6. The SMILES string of the molecule is O=c1[nH]c2cc(Cl)c(Cl)cc2nc1C=Cc1ccccc1F. The van der Waals surface area contributed by atoms with Crippen LogP contribution in [0, 0.1) is 5.82 Å². The highest BCUT2D eigenvalue weighted by Crippen LogP contribution is 2.25. The van der Waals surface area contributed by atoms with Crippen LogP contribution in [0.4, 0.5) is 4.39 Å². The molecule has 110 valence electrons. The summed E-state index contributed by atoms with van der Waals surface area (Å²) < 4.78 is 13.6. The number of nitrogens with one attached hydrogen (secondary N) is 1. The van der Waals surface area contributed by atoms with Crippen molar-refractivity contribution in [3.63, 3.8) is 0 Å². The molecule has 0 amide bonds. The predicted octanol–water partition coefficient (Wildman–Crippen LogP) is 4.54. The monoisotopic (exact) mass is 334 g/mol. The van der Waals surface area contributed by atoms with Gasteiger partial charge in [-0.1, -0.05) is 41.4 Å². The molecule has 0 aliphatic rings. The largest absolute Gasteiger partial charge is 0.319 e. The van der Waals surface area contributed by atoms with Gasteiger partial charge in [0.05, 0.1) is 21.1 Å². The van der Waals surface area contributed by atoms with Gasteiger partial charge < -0.3 is 4.98 Å². The molecular formula is C16H9Cl2FN2O. The van der Waals surface area contributed by atoms with Gasteiger partial charge in [-0.05, 0) is 30.4 Å². The van der Waals surface area contributed by atoms with E-state index in [0.29, 0.717) is 26.6 Å². The Labute approximate surface area is 135 Å². The minimum atomic E-state index is -0.390.